The average Bonchev–Trinajstić information content (AvgIpc) is 2.68. The van der Waals surface area contributed by atoms with Gasteiger partial charge < -0.3 is 15.5 Å². The molecule has 1 atom stereocenters. The van der Waals surface area contributed by atoms with Crippen molar-refractivity contribution >= 4 is 17.5 Å². The second kappa shape index (κ2) is 7.09. The van der Waals surface area contributed by atoms with Crippen molar-refractivity contribution in [2.75, 3.05) is 29.9 Å². The van der Waals surface area contributed by atoms with Gasteiger partial charge in [-0.2, -0.15) is 0 Å². The Hall–Kier alpha value is -2.63. The predicted octanol–water partition coefficient (Wildman–Crippen LogP) is 2.23. The van der Waals surface area contributed by atoms with E-state index in [-0.39, 0.29) is 11.9 Å². The van der Waals surface area contributed by atoms with Gasteiger partial charge in [-0.3, -0.25) is 4.79 Å². The van der Waals surface area contributed by atoms with Crippen LogP contribution < -0.4 is 15.5 Å². The minimum absolute atomic E-state index is 0.0291. The zero-order valence-electron chi connectivity index (χ0n) is 14.2. The Morgan fingerprint density at radius 1 is 1.20 bits per heavy atom. The molecule has 2 N–H and O–H groups in total. The van der Waals surface area contributed by atoms with Gasteiger partial charge in [-0.1, -0.05) is 6.07 Å². The van der Waals surface area contributed by atoms with Crippen molar-refractivity contribution in [3.05, 3.63) is 47.8 Å². The van der Waals surface area contributed by atoms with Crippen molar-refractivity contribution in [3.63, 3.8) is 0 Å². The van der Waals surface area contributed by atoms with Gasteiger partial charge in [0.2, 0.25) is 5.95 Å². The third-order valence-electron chi connectivity index (χ3n) is 4.93. The number of benzene rings is 1. The number of aromatic nitrogens is 2. The molecule has 3 heterocycles. The van der Waals surface area contributed by atoms with E-state index in [2.05, 4.69) is 31.6 Å². The van der Waals surface area contributed by atoms with Crippen LogP contribution in [-0.2, 0) is 6.42 Å². The van der Waals surface area contributed by atoms with Crippen molar-refractivity contribution in [2.24, 2.45) is 0 Å². The molecule has 1 amide bonds. The topological polar surface area (TPSA) is 70.2 Å². The third kappa shape index (κ3) is 3.43. The van der Waals surface area contributed by atoms with Gasteiger partial charge in [0.1, 0.15) is 0 Å². The van der Waals surface area contributed by atoms with E-state index in [1.807, 2.05) is 18.2 Å². The van der Waals surface area contributed by atoms with E-state index >= 15 is 0 Å². The number of nitrogens with one attached hydrogen (secondary N) is 2. The number of carbonyl (C=O) groups excluding carboxylic acids is 1. The normalized spacial score (nSPS) is 19.7. The molecule has 2 aliphatic heterocycles. The van der Waals surface area contributed by atoms with E-state index in [4.69, 9.17) is 0 Å². The number of fused-ring (bicyclic) bond motifs is 1. The molecule has 0 spiro atoms. The minimum atomic E-state index is 0.0291. The first-order valence-electron chi connectivity index (χ1n) is 9.00. The molecule has 0 bridgehead atoms. The number of anilines is 2. The highest BCUT2D eigenvalue weighted by Gasteiger charge is 2.25. The van der Waals surface area contributed by atoms with Gasteiger partial charge in [0.05, 0.1) is 0 Å². The van der Waals surface area contributed by atoms with Gasteiger partial charge in [0, 0.05) is 49.3 Å². The molecule has 1 fully saturated rings. The lowest BCUT2D eigenvalue weighted by Crippen LogP contribution is -2.48. The van der Waals surface area contributed by atoms with Gasteiger partial charge in [0.25, 0.3) is 5.91 Å². The lowest BCUT2D eigenvalue weighted by molar-refractivity contribution is 0.0932. The molecule has 0 saturated carbocycles. The summed E-state index contributed by atoms with van der Waals surface area (Å²) in [4.78, 5) is 23.6. The standard InChI is InChI=1S/C19H23N5O/c25-18(16-6-1-8-17-15(16)7-2-9-20-17)23-14-5-3-12-24(13-14)19-21-10-4-11-22-19/h1,4,6,8,10-11,14,20H,2-3,5,7,9,12-13H2,(H,23,25). The molecule has 130 valence electrons. The van der Waals surface area contributed by atoms with Crippen LogP contribution in [-0.4, -0.2) is 41.6 Å². The molecule has 2 aliphatic rings. The van der Waals surface area contributed by atoms with Gasteiger partial charge in [0.15, 0.2) is 0 Å². The van der Waals surface area contributed by atoms with Crippen molar-refractivity contribution in [2.45, 2.75) is 31.7 Å². The van der Waals surface area contributed by atoms with Crippen LogP contribution in [0.2, 0.25) is 0 Å². The Morgan fingerprint density at radius 3 is 2.96 bits per heavy atom. The predicted molar refractivity (Wildman–Crippen MR) is 98.0 cm³/mol. The maximum absolute atomic E-state index is 12.8. The monoisotopic (exact) mass is 337 g/mol. The maximum atomic E-state index is 12.8. The fourth-order valence-corrected chi connectivity index (χ4v) is 3.72. The summed E-state index contributed by atoms with van der Waals surface area (Å²) in [7, 11) is 0. The van der Waals surface area contributed by atoms with E-state index < -0.39 is 0 Å². The van der Waals surface area contributed by atoms with E-state index in [1.165, 1.54) is 0 Å². The van der Waals surface area contributed by atoms with Crippen molar-refractivity contribution in [1.82, 2.24) is 15.3 Å². The third-order valence-corrected chi connectivity index (χ3v) is 4.93. The number of carbonyl (C=O) groups is 1. The highest BCUT2D eigenvalue weighted by Crippen LogP contribution is 2.25. The molecule has 1 aromatic carbocycles. The molecule has 25 heavy (non-hydrogen) atoms. The van der Waals surface area contributed by atoms with Crippen LogP contribution in [0.3, 0.4) is 0 Å². The smallest absolute Gasteiger partial charge is 0.251 e. The summed E-state index contributed by atoms with van der Waals surface area (Å²) < 4.78 is 0. The summed E-state index contributed by atoms with van der Waals surface area (Å²) in [6, 6.07) is 7.89. The van der Waals surface area contributed by atoms with Crippen LogP contribution in [0, 0.1) is 0 Å². The summed E-state index contributed by atoms with van der Waals surface area (Å²) in [6.45, 7) is 2.66. The van der Waals surface area contributed by atoms with E-state index in [9.17, 15) is 4.79 Å². The fourth-order valence-electron chi connectivity index (χ4n) is 3.72. The van der Waals surface area contributed by atoms with Gasteiger partial charge in [-0.05, 0) is 49.4 Å². The number of hydrogen-bond donors (Lipinski definition) is 2. The Kier molecular flexibility index (Phi) is 4.50. The van der Waals surface area contributed by atoms with Crippen molar-refractivity contribution < 1.29 is 4.79 Å². The fraction of sp³-hybridized carbons (Fsp3) is 0.421. The lowest BCUT2D eigenvalue weighted by Gasteiger charge is -2.33. The molecule has 1 unspecified atom stereocenters. The first-order chi connectivity index (χ1) is 12.3. The van der Waals surface area contributed by atoms with Gasteiger partial charge in [-0.15, -0.1) is 0 Å². The Morgan fingerprint density at radius 2 is 2.08 bits per heavy atom. The molecule has 1 aromatic heterocycles. The Balaban J connectivity index is 1.46. The first-order valence-corrected chi connectivity index (χ1v) is 9.00. The zero-order chi connectivity index (χ0) is 17.1. The van der Waals surface area contributed by atoms with Crippen molar-refractivity contribution in [1.29, 1.82) is 0 Å². The molecule has 1 saturated heterocycles. The highest BCUT2D eigenvalue weighted by molar-refractivity contribution is 5.97. The number of amides is 1. The summed E-state index contributed by atoms with van der Waals surface area (Å²) in [5, 5.41) is 6.61. The van der Waals surface area contributed by atoms with E-state index in [1.54, 1.807) is 12.4 Å². The molecule has 4 rings (SSSR count). The maximum Gasteiger partial charge on any atom is 0.251 e. The second-order valence-corrected chi connectivity index (χ2v) is 6.67. The summed E-state index contributed by atoms with van der Waals surface area (Å²) >= 11 is 0. The number of hydrogen-bond acceptors (Lipinski definition) is 5. The average molecular weight is 337 g/mol. The minimum Gasteiger partial charge on any atom is -0.385 e. The quantitative estimate of drug-likeness (QED) is 0.899. The Bertz CT molecular complexity index is 749. The van der Waals surface area contributed by atoms with E-state index in [0.29, 0.717) is 0 Å². The Labute approximate surface area is 147 Å². The van der Waals surface area contributed by atoms with Gasteiger partial charge in [-0.25, -0.2) is 9.97 Å². The number of rotatable bonds is 3. The number of piperidine rings is 1. The molecule has 0 radical (unpaired) electrons. The molecule has 0 aliphatic carbocycles. The molecule has 6 nitrogen and oxygen atoms in total. The highest BCUT2D eigenvalue weighted by atomic mass is 16.1. The van der Waals surface area contributed by atoms with Gasteiger partial charge >= 0.3 is 0 Å². The molecule has 6 heteroatoms. The SMILES string of the molecule is O=C(NC1CCCN(c2ncccn2)C1)c1cccc2c1CCCN2. The zero-order valence-corrected chi connectivity index (χ0v) is 14.2. The summed E-state index contributed by atoms with van der Waals surface area (Å²) in [5.41, 5.74) is 3.05. The van der Waals surface area contributed by atoms with Crippen LogP contribution in [0.5, 0.6) is 0 Å². The lowest BCUT2D eigenvalue weighted by atomic mass is 9.96. The second-order valence-electron chi connectivity index (χ2n) is 6.67. The van der Waals surface area contributed by atoms with Crippen LogP contribution >= 0.6 is 0 Å². The van der Waals surface area contributed by atoms with Crippen LogP contribution in [0.15, 0.2) is 36.7 Å². The van der Waals surface area contributed by atoms with Crippen LogP contribution in [0.25, 0.3) is 0 Å². The summed E-state index contributed by atoms with van der Waals surface area (Å²) in [6.07, 6.45) is 7.56. The molecular weight excluding hydrogens is 314 g/mol. The molecular formula is C19H23N5O. The molecule has 2 aromatic rings. The number of nitrogens with zero attached hydrogens (tertiary/aromatic N) is 3. The van der Waals surface area contributed by atoms with E-state index in [0.717, 1.165) is 68.1 Å². The van der Waals surface area contributed by atoms with Crippen molar-refractivity contribution in [3.8, 4) is 0 Å². The first kappa shape index (κ1) is 15.9. The van der Waals surface area contributed by atoms with Crippen LogP contribution in [0.4, 0.5) is 11.6 Å². The largest absolute Gasteiger partial charge is 0.385 e. The van der Waals surface area contributed by atoms with Crippen LogP contribution in [0.1, 0.15) is 35.2 Å². The summed E-state index contributed by atoms with van der Waals surface area (Å²) in [5.74, 6) is 0.768.